The van der Waals surface area contributed by atoms with E-state index in [2.05, 4.69) is 45.5 Å². The number of fused-ring (bicyclic) bond motifs is 2. The number of benzene rings is 3. The Morgan fingerprint density at radius 3 is 1.36 bits per heavy atom. The molecule has 0 aliphatic rings. The van der Waals surface area contributed by atoms with E-state index >= 15 is 0 Å². The van der Waals surface area contributed by atoms with Crippen molar-refractivity contribution >= 4 is 22.1 Å². The first kappa shape index (κ1) is 20.5. The van der Waals surface area contributed by atoms with E-state index in [-0.39, 0.29) is 0 Å². The largest absolute Gasteiger partial charge is 0.461 e. The Morgan fingerprint density at radius 2 is 0.944 bits per heavy atom. The molecule has 0 fully saturated rings. The van der Waals surface area contributed by atoms with Gasteiger partial charge in [0.1, 0.15) is 0 Å². The number of hydrogen-bond donors (Lipinski definition) is 0. The molecule has 0 aliphatic heterocycles. The van der Waals surface area contributed by atoms with Crippen molar-refractivity contribution in [1.82, 2.24) is 19.1 Å². The molecule has 0 saturated carbocycles. The van der Waals surface area contributed by atoms with Gasteiger partial charge in [0.05, 0.1) is 34.6 Å². The van der Waals surface area contributed by atoms with E-state index in [0.29, 0.717) is 13.1 Å². The summed E-state index contributed by atoms with van der Waals surface area (Å²) >= 11 is 0. The first-order chi connectivity index (χ1) is 17.8. The topological polar surface area (TPSA) is 61.9 Å². The fourth-order valence-electron chi connectivity index (χ4n) is 4.77. The minimum absolute atomic E-state index is 0.697. The number of nitrogens with zero attached hydrogens (tertiary/aromatic N) is 4. The highest BCUT2D eigenvalue weighted by atomic mass is 16.3. The molecule has 0 aliphatic carbocycles. The van der Waals surface area contributed by atoms with Crippen molar-refractivity contribution < 1.29 is 8.83 Å². The van der Waals surface area contributed by atoms with Gasteiger partial charge in [0.25, 0.3) is 0 Å². The van der Waals surface area contributed by atoms with Gasteiger partial charge in [0, 0.05) is 13.1 Å². The van der Waals surface area contributed by atoms with Crippen molar-refractivity contribution in [3.8, 4) is 23.2 Å². The van der Waals surface area contributed by atoms with Crippen molar-refractivity contribution in [3.63, 3.8) is 0 Å². The molecule has 36 heavy (non-hydrogen) atoms. The fourth-order valence-corrected chi connectivity index (χ4v) is 4.77. The molecule has 0 radical (unpaired) electrons. The summed E-state index contributed by atoms with van der Waals surface area (Å²) in [6.45, 7) is 1.39. The van der Waals surface area contributed by atoms with Crippen LogP contribution in [0.15, 0.2) is 118 Å². The van der Waals surface area contributed by atoms with Crippen LogP contribution in [0.3, 0.4) is 0 Å². The second-order valence-corrected chi connectivity index (χ2v) is 8.79. The van der Waals surface area contributed by atoms with Crippen LogP contribution in [0, 0.1) is 0 Å². The zero-order chi connectivity index (χ0) is 23.9. The molecule has 0 spiro atoms. The maximum atomic E-state index is 5.68. The third kappa shape index (κ3) is 3.51. The molecule has 4 aromatic heterocycles. The Morgan fingerprint density at radius 1 is 0.500 bits per heavy atom. The molecule has 3 aromatic carbocycles. The monoisotopic (exact) mass is 470 g/mol. The molecule has 7 rings (SSSR count). The Balaban J connectivity index is 1.22. The molecular weight excluding hydrogens is 448 g/mol. The lowest BCUT2D eigenvalue weighted by Crippen LogP contribution is -2.04. The molecule has 0 N–H and O–H groups in total. The van der Waals surface area contributed by atoms with E-state index in [9.17, 15) is 0 Å². The second-order valence-electron chi connectivity index (χ2n) is 8.79. The Kier molecular flexibility index (Phi) is 4.81. The van der Waals surface area contributed by atoms with E-state index in [1.54, 1.807) is 12.5 Å². The predicted octanol–water partition coefficient (Wildman–Crippen LogP) is 7.00. The van der Waals surface area contributed by atoms with Gasteiger partial charge in [-0.1, -0.05) is 48.5 Å². The maximum absolute atomic E-state index is 5.68. The molecule has 174 valence electrons. The van der Waals surface area contributed by atoms with Gasteiger partial charge < -0.3 is 18.0 Å². The molecule has 6 heteroatoms. The van der Waals surface area contributed by atoms with Crippen LogP contribution in [0.2, 0.25) is 0 Å². The van der Waals surface area contributed by atoms with Gasteiger partial charge >= 0.3 is 0 Å². The summed E-state index contributed by atoms with van der Waals surface area (Å²) in [5.41, 5.74) is 6.46. The summed E-state index contributed by atoms with van der Waals surface area (Å²) < 4.78 is 15.8. The van der Waals surface area contributed by atoms with Crippen LogP contribution in [0.1, 0.15) is 11.1 Å². The van der Waals surface area contributed by atoms with Crippen LogP contribution in [-0.4, -0.2) is 19.1 Å². The third-order valence-corrected chi connectivity index (χ3v) is 6.50. The molecular formula is C30H22N4O2. The van der Waals surface area contributed by atoms with Crippen LogP contribution in [0.25, 0.3) is 45.2 Å². The Labute approximate surface area is 207 Å². The summed E-state index contributed by atoms with van der Waals surface area (Å²) in [6.07, 6.45) is 3.37. The number of hydrogen-bond acceptors (Lipinski definition) is 4. The smallest absolute Gasteiger partial charge is 0.177 e. The average molecular weight is 471 g/mol. The maximum Gasteiger partial charge on any atom is 0.177 e. The normalized spacial score (nSPS) is 11.6. The molecule has 6 nitrogen and oxygen atoms in total. The quantitative estimate of drug-likeness (QED) is 0.262. The van der Waals surface area contributed by atoms with Crippen LogP contribution in [0.5, 0.6) is 0 Å². The first-order valence-electron chi connectivity index (χ1n) is 11.9. The van der Waals surface area contributed by atoms with E-state index in [1.807, 2.05) is 60.7 Å². The van der Waals surface area contributed by atoms with Crippen LogP contribution < -0.4 is 0 Å². The zero-order valence-corrected chi connectivity index (χ0v) is 19.4. The van der Waals surface area contributed by atoms with Gasteiger partial charge in [-0.3, -0.25) is 0 Å². The summed E-state index contributed by atoms with van der Waals surface area (Å²) in [5, 5.41) is 0. The van der Waals surface area contributed by atoms with Gasteiger partial charge in [0.2, 0.25) is 0 Å². The zero-order valence-electron chi connectivity index (χ0n) is 19.4. The summed E-state index contributed by atoms with van der Waals surface area (Å²) in [6, 6.07) is 32.8. The molecule has 7 aromatic rings. The number of furan rings is 2. The Hall–Kier alpha value is -4.84. The van der Waals surface area contributed by atoms with Crippen molar-refractivity contribution in [3.05, 3.63) is 121 Å². The minimum atomic E-state index is 0.697. The highest BCUT2D eigenvalue weighted by Gasteiger charge is 2.16. The van der Waals surface area contributed by atoms with E-state index in [1.165, 1.54) is 11.1 Å². The Bertz CT molecular complexity index is 1640. The van der Waals surface area contributed by atoms with Crippen LogP contribution >= 0.6 is 0 Å². The predicted molar refractivity (Wildman–Crippen MR) is 140 cm³/mol. The van der Waals surface area contributed by atoms with Gasteiger partial charge in [-0.05, 0) is 59.7 Å². The van der Waals surface area contributed by atoms with Crippen LogP contribution in [-0.2, 0) is 13.1 Å². The lowest BCUT2D eigenvalue weighted by atomic mass is 10.1. The number of para-hydroxylation sites is 4. The van der Waals surface area contributed by atoms with Gasteiger partial charge in [-0.25, -0.2) is 9.97 Å². The van der Waals surface area contributed by atoms with Gasteiger partial charge in [0.15, 0.2) is 23.2 Å². The highest BCUT2D eigenvalue weighted by Crippen LogP contribution is 2.28. The summed E-state index contributed by atoms with van der Waals surface area (Å²) in [4.78, 5) is 9.66. The van der Waals surface area contributed by atoms with Crippen molar-refractivity contribution in [2.75, 3.05) is 0 Å². The SMILES string of the molecule is c1coc(-c2nc3ccccc3n2Cc2ccc(Cn3c(-c4ccco4)nc4ccccc43)cc2)c1. The van der Waals surface area contributed by atoms with Gasteiger partial charge in [-0.15, -0.1) is 0 Å². The van der Waals surface area contributed by atoms with Crippen molar-refractivity contribution in [1.29, 1.82) is 0 Å². The number of rotatable bonds is 6. The van der Waals surface area contributed by atoms with E-state index in [0.717, 1.165) is 45.2 Å². The van der Waals surface area contributed by atoms with E-state index in [4.69, 9.17) is 18.8 Å². The fraction of sp³-hybridized carbons (Fsp3) is 0.0667. The summed E-state index contributed by atoms with van der Waals surface area (Å²) in [7, 11) is 0. The number of imidazole rings is 2. The molecule has 4 heterocycles. The molecule has 0 unspecified atom stereocenters. The first-order valence-corrected chi connectivity index (χ1v) is 11.9. The van der Waals surface area contributed by atoms with E-state index < -0.39 is 0 Å². The lowest BCUT2D eigenvalue weighted by Gasteiger charge is -2.11. The molecule has 0 saturated heterocycles. The third-order valence-electron chi connectivity index (χ3n) is 6.50. The van der Waals surface area contributed by atoms with Crippen molar-refractivity contribution in [2.45, 2.75) is 13.1 Å². The molecule has 0 bridgehead atoms. The average Bonchev–Trinajstić information content (AvgIpc) is 3.72. The molecule has 0 atom stereocenters. The van der Waals surface area contributed by atoms with Crippen molar-refractivity contribution in [2.24, 2.45) is 0 Å². The highest BCUT2D eigenvalue weighted by molar-refractivity contribution is 5.80. The van der Waals surface area contributed by atoms with Crippen LogP contribution in [0.4, 0.5) is 0 Å². The standard InChI is InChI=1S/C30H22N4O2/c1-3-9-25-23(7-1)31-29(27-11-5-17-35-27)33(25)19-21-13-15-22(16-14-21)20-34-26-10-4-2-8-24(26)32-30(34)28-12-6-18-36-28/h1-18H,19-20H2. The second kappa shape index (κ2) is 8.43. The minimum Gasteiger partial charge on any atom is -0.461 e. The summed E-state index contributed by atoms with van der Waals surface area (Å²) in [5.74, 6) is 3.19. The number of aromatic nitrogens is 4. The molecule has 0 amide bonds. The van der Waals surface area contributed by atoms with Gasteiger partial charge in [-0.2, -0.15) is 0 Å². The lowest BCUT2D eigenvalue weighted by molar-refractivity contribution is 0.572.